The van der Waals surface area contributed by atoms with Gasteiger partial charge in [-0.1, -0.05) is 22.0 Å². The van der Waals surface area contributed by atoms with Crippen molar-refractivity contribution < 1.29 is 9.53 Å². The molecule has 20 heavy (non-hydrogen) atoms. The Morgan fingerprint density at radius 3 is 2.95 bits per heavy atom. The lowest BCUT2D eigenvalue weighted by molar-refractivity contribution is -0.144. The Hall–Kier alpha value is -1.82. The second-order valence-corrected chi connectivity index (χ2v) is 5.20. The van der Waals surface area contributed by atoms with Crippen molar-refractivity contribution >= 4 is 27.6 Å². The van der Waals surface area contributed by atoms with Gasteiger partial charge in [-0.3, -0.25) is 4.68 Å². The summed E-state index contributed by atoms with van der Waals surface area (Å²) in [6.45, 7) is 2.13. The van der Waals surface area contributed by atoms with Crippen LogP contribution >= 0.6 is 15.9 Å². The molecule has 0 aliphatic rings. The maximum absolute atomic E-state index is 12.1. The molecule has 0 radical (unpaired) electrons. The highest BCUT2D eigenvalue weighted by molar-refractivity contribution is 9.10. The van der Waals surface area contributed by atoms with Gasteiger partial charge >= 0.3 is 5.97 Å². The maximum atomic E-state index is 12.1. The monoisotopic (exact) mass is 337 g/mol. The summed E-state index contributed by atoms with van der Waals surface area (Å²) in [6, 6.07) is 7.06. The van der Waals surface area contributed by atoms with Crippen LogP contribution in [-0.4, -0.2) is 22.4 Å². The first-order valence-corrected chi connectivity index (χ1v) is 7.06. The average molecular weight is 338 g/mol. The van der Waals surface area contributed by atoms with Crippen LogP contribution in [0.25, 0.3) is 0 Å². The molecule has 0 fully saturated rings. The molecular weight excluding hydrogens is 322 g/mol. The first-order valence-electron chi connectivity index (χ1n) is 6.27. The first kappa shape index (κ1) is 14.6. The molecule has 0 saturated heterocycles. The number of nitrogens with zero attached hydrogens (tertiary/aromatic N) is 2. The highest BCUT2D eigenvalue weighted by Gasteiger charge is 2.23. The molecule has 6 heteroatoms. The van der Waals surface area contributed by atoms with E-state index in [1.807, 2.05) is 31.3 Å². The minimum absolute atomic E-state index is 0.319. The molecule has 0 amide bonds. The summed E-state index contributed by atoms with van der Waals surface area (Å²) in [5.74, 6) is -0.319. The van der Waals surface area contributed by atoms with E-state index in [0.29, 0.717) is 6.61 Å². The van der Waals surface area contributed by atoms with Gasteiger partial charge in [-0.2, -0.15) is 5.10 Å². The van der Waals surface area contributed by atoms with Gasteiger partial charge in [0.2, 0.25) is 0 Å². The van der Waals surface area contributed by atoms with Crippen molar-refractivity contribution in [1.82, 2.24) is 9.78 Å². The van der Waals surface area contributed by atoms with Gasteiger partial charge in [0.25, 0.3) is 0 Å². The summed E-state index contributed by atoms with van der Waals surface area (Å²) in [6.07, 6.45) is 3.46. The number of hydrogen-bond acceptors (Lipinski definition) is 4. The third kappa shape index (κ3) is 3.60. The normalized spacial score (nSPS) is 11.9. The summed E-state index contributed by atoms with van der Waals surface area (Å²) in [5.41, 5.74) is 1.60. The number of anilines is 1. The Morgan fingerprint density at radius 2 is 2.35 bits per heavy atom. The molecule has 1 aromatic heterocycles. The fourth-order valence-electron chi connectivity index (χ4n) is 1.84. The second kappa shape index (κ2) is 6.56. The summed E-state index contributed by atoms with van der Waals surface area (Å²) < 4.78 is 7.72. The Kier molecular flexibility index (Phi) is 4.79. The van der Waals surface area contributed by atoms with Gasteiger partial charge < -0.3 is 10.1 Å². The largest absolute Gasteiger partial charge is 0.464 e. The third-order valence-corrected chi connectivity index (χ3v) is 3.21. The van der Waals surface area contributed by atoms with Crippen LogP contribution in [0.1, 0.15) is 18.5 Å². The average Bonchev–Trinajstić information content (AvgIpc) is 2.83. The number of nitrogens with one attached hydrogen (secondary N) is 1. The van der Waals surface area contributed by atoms with Crippen LogP contribution < -0.4 is 5.32 Å². The Bertz CT molecular complexity index is 598. The van der Waals surface area contributed by atoms with E-state index < -0.39 is 6.04 Å². The van der Waals surface area contributed by atoms with Crippen molar-refractivity contribution in [1.29, 1.82) is 0 Å². The molecule has 106 valence electrons. The van der Waals surface area contributed by atoms with E-state index in [9.17, 15) is 4.79 Å². The smallest absolute Gasteiger partial charge is 0.333 e. The van der Waals surface area contributed by atoms with Crippen LogP contribution in [0.2, 0.25) is 0 Å². The van der Waals surface area contributed by atoms with E-state index >= 15 is 0 Å². The number of rotatable bonds is 5. The number of aromatic nitrogens is 2. The number of benzene rings is 1. The van der Waals surface area contributed by atoms with Gasteiger partial charge in [0.1, 0.15) is 0 Å². The van der Waals surface area contributed by atoms with E-state index in [0.717, 1.165) is 15.7 Å². The van der Waals surface area contributed by atoms with Gasteiger partial charge in [0.05, 0.1) is 12.8 Å². The topological polar surface area (TPSA) is 56.1 Å². The number of aryl methyl sites for hydroxylation is 1. The summed E-state index contributed by atoms with van der Waals surface area (Å²) in [5, 5.41) is 7.28. The molecule has 0 aliphatic heterocycles. The lowest BCUT2D eigenvalue weighted by Gasteiger charge is -2.17. The summed E-state index contributed by atoms with van der Waals surface area (Å²) in [4.78, 5) is 12.1. The van der Waals surface area contributed by atoms with Crippen molar-refractivity contribution in [3.63, 3.8) is 0 Å². The molecule has 1 unspecified atom stereocenters. The summed E-state index contributed by atoms with van der Waals surface area (Å²) in [7, 11) is 1.81. The zero-order chi connectivity index (χ0) is 14.5. The van der Waals surface area contributed by atoms with Crippen LogP contribution in [0.4, 0.5) is 5.69 Å². The van der Waals surface area contributed by atoms with Crippen LogP contribution in [0.3, 0.4) is 0 Å². The Labute approximate surface area is 126 Å². The van der Waals surface area contributed by atoms with Crippen molar-refractivity contribution in [2.24, 2.45) is 7.05 Å². The number of carbonyl (C=O) groups is 1. The van der Waals surface area contributed by atoms with Crippen LogP contribution in [-0.2, 0) is 16.6 Å². The molecule has 2 rings (SSSR count). The number of carbonyl (C=O) groups excluding carboxylic acids is 1. The molecule has 2 aromatic rings. The molecule has 1 aromatic carbocycles. The second-order valence-electron chi connectivity index (χ2n) is 4.29. The molecule has 0 aliphatic carbocycles. The molecule has 1 N–H and O–H groups in total. The predicted molar refractivity (Wildman–Crippen MR) is 80.3 cm³/mol. The maximum Gasteiger partial charge on any atom is 0.333 e. The fourth-order valence-corrected chi connectivity index (χ4v) is 2.24. The molecule has 0 spiro atoms. The molecule has 1 atom stereocenters. The molecular formula is C14H16BrN3O2. The minimum atomic E-state index is -0.571. The minimum Gasteiger partial charge on any atom is -0.464 e. The van der Waals surface area contributed by atoms with Gasteiger partial charge in [0, 0.05) is 29.0 Å². The van der Waals surface area contributed by atoms with E-state index in [2.05, 4.69) is 26.3 Å². The van der Waals surface area contributed by atoms with Crippen LogP contribution in [0, 0.1) is 0 Å². The molecule has 0 saturated carbocycles. The highest BCUT2D eigenvalue weighted by Crippen LogP contribution is 2.23. The standard InChI is InChI=1S/C14H16BrN3O2/c1-3-20-14(19)13(10-8-16-18(2)9-10)17-12-6-4-5-11(15)7-12/h4-9,13,17H,3H2,1-2H3. The molecule has 0 bridgehead atoms. The van der Waals surface area contributed by atoms with E-state index in [1.54, 1.807) is 24.0 Å². The Balaban J connectivity index is 2.25. The van der Waals surface area contributed by atoms with Crippen molar-refractivity contribution in [2.45, 2.75) is 13.0 Å². The number of esters is 1. The van der Waals surface area contributed by atoms with Crippen LogP contribution in [0.15, 0.2) is 41.1 Å². The Morgan fingerprint density at radius 1 is 1.55 bits per heavy atom. The van der Waals surface area contributed by atoms with Crippen molar-refractivity contribution in [2.75, 3.05) is 11.9 Å². The SMILES string of the molecule is CCOC(=O)C(Nc1cccc(Br)c1)c1cnn(C)c1. The van der Waals surface area contributed by atoms with Gasteiger partial charge in [-0.15, -0.1) is 0 Å². The zero-order valence-corrected chi connectivity index (χ0v) is 12.9. The lowest BCUT2D eigenvalue weighted by atomic mass is 10.1. The van der Waals surface area contributed by atoms with E-state index in [-0.39, 0.29) is 5.97 Å². The van der Waals surface area contributed by atoms with Crippen molar-refractivity contribution in [3.05, 3.63) is 46.7 Å². The quantitative estimate of drug-likeness (QED) is 0.852. The zero-order valence-electron chi connectivity index (χ0n) is 11.3. The van der Waals surface area contributed by atoms with Crippen molar-refractivity contribution in [3.8, 4) is 0 Å². The summed E-state index contributed by atoms with van der Waals surface area (Å²) >= 11 is 3.41. The molecule has 1 heterocycles. The number of ether oxygens (including phenoxy) is 1. The number of hydrogen-bond donors (Lipinski definition) is 1. The van der Waals surface area contributed by atoms with Gasteiger partial charge in [-0.05, 0) is 25.1 Å². The molecule has 5 nitrogen and oxygen atoms in total. The highest BCUT2D eigenvalue weighted by atomic mass is 79.9. The van der Waals surface area contributed by atoms with Gasteiger partial charge in [-0.25, -0.2) is 4.79 Å². The van der Waals surface area contributed by atoms with Crippen LogP contribution in [0.5, 0.6) is 0 Å². The van der Waals surface area contributed by atoms with E-state index in [4.69, 9.17) is 4.74 Å². The lowest BCUT2D eigenvalue weighted by Crippen LogP contribution is -2.23. The fraction of sp³-hybridized carbons (Fsp3) is 0.286. The van der Waals surface area contributed by atoms with Gasteiger partial charge in [0.15, 0.2) is 6.04 Å². The number of halogens is 1. The predicted octanol–water partition coefficient (Wildman–Crippen LogP) is 2.90. The van der Waals surface area contributed by atoms with E-state index in [1.165, 1.54) is 0 Å². The first-order chi connectivity index (χ1) is 9.60. The third-order valence-electron chi connectivity index (χ3n) is 2.72.